The van der Waals surface area contributed by atoms with E-state index in [0.717, 1.165) is 0 Å². The minimum absolute atomic E-state index is 0.111. The van der Waals surface area contributed by atoms with Gasteiger partial charge in [0.1, 0.15) is 11.3 Å². The molecule has 0 unspecified atom stereocenters. The first-order chi connectivity index (χ1) is 11.5. The number of non-ortho nitro benzene ring substituents is 1. The third-order valence-corrected chi connectivity index (χ3v) is 3.40. The van der Waals surface area contributed by atoms with Gasteiger partial charge in [-0.3, -0.25) is 20.2 Å². The molecule has 3 aromatic rings. The van der Waals surface area contributed by atoms with Crippen LogP contribution in [-0.4, -0.2) is 32.9 Å². The van der Waals surface area contributed by atoms with Gasteiger partial charge in [-0.05, 0) is 18.2 Å². The van der Waals surface area contributed by atoms with Crippen LogP contribution in [0.1, 0.15) is 10.4 Å². The van der Waals surface area contributed by atoms with Crippen molar-refractivity contribution in [2.75, 3.05) is 12.4 Å². The Morgan fingerprint density at radius 2 is 2.08 bits per heavy atom. The molecule has 0 radical (unpaired) electrons. The van der Waals surface area contributed by atoms with Gasteiger partial charge in [-0.1, -0.05) is 12.1 Å². The topological polar surface area (TPSA) is 120 Å². The zero-order valence-corrected chi connectivity index (χ0v) is 12.5. The Hall–Kier alpha value is -3.62. The summed E-state index contributed by atoms with van der Waals surface area (Å²) in [6.45, 7) is 0. The average molecular weight is 328 g/mol. The Labute approximate surface area is 135 Å². The fraction of sp³-hybridized carbons (Fsp3) is 0.0667. The molecule has 1 heterocycles. The highest BCUT2D eigenvalue weighted by Crippen LogP contribution is 2.24. The maximum Gasteiger partial charge on any atom is 0.271 e. The predicted molar refractivity (Wildman–Crippen MR) is 84.5 cm³/mol. The molecule has 0 aliphatic rings. The van der Waals surface area contributed by atoms with E-state index in [4.69, 9.17) is 4.74 Å². The highest BCUT2D eigenvalue weighted by molar-refractivity contribution is 6.06. The summed E-state index contributed by atoms with van der Waals surface area (Å²) in [6, 6.07) is 10.4. The minimum atomic E-state index is -0.584. The van der Waals surface area contributed by atoms with E-state index in [2.05, 4.69) is 10.3 Å². The van der Waals surface area contributed by atoms with Gasteiger partial charge in [-0.15, -0.1) is 4.73 Å². The van der Waals surface area contributed by atoms with Gasteiger partial charge in [0.15, 0.2) is 0 Å². The second-order valence-electron chi connectivity index (χ2n) is 4.83. The molecule has 0 atom stereocenters. The second-order valence-corrected chi connectivity index (χ2v) is 4.83. The number of fused-ring (bicyclic) bond motifs is 1. The first-order valence-electron chi connectivity index (χ1n) is 6.82. The summed E-state index contributed by atoms with van der Waals surface area (Å²) >= 11 is 0. The van der Waals surface area contributed by atoms with E-state index >= 15 is 0 Å². The van der Waals surface area contributed by atoms with Gasteiger partial charge >= 0.3 is 0 Å². The van der Waals surface area contributed by atoms with Gasteiger partial charge in [0.25, 0.3) is 11.6 Å². The monoisotopic (exact) mass is 328 g/mol. The first-order valence-corrected chi connectivity index (χ1v) is 6.82. The van der Waals surface area contributed by atoms with Crippen LogP contribution in [0.15, 0.2) is 42.5 Å². The summed E-state index contributed by atoms with van der Waals surface area (Å²) in [4.78, 5) is 26.6. The molecule has 122 valence electrons. The summed E-state index contributed by atoms with van der Waals surface area (Å²) < 4.78 is 5.70. The van der Waals surface area contributed by atoms with Gasteiger partial charge in [0.05, 0.1) is 23.1 Å². The molecule has 0 aliphatic carbocycles. The number of nitro benzene ring substituents is 1. The quantitative estimate of drug-likeness (QED) is 0.431. The summed E-state index contributed by atoms with van der Waals surface area (Å²) in [6.07, 6.45) is 0. The third kappa shape index (κ3) is 2.58. The van der Waals surface area contributed by atoms with Crippen LogP contribution in [0.3, 0.4) is 0 Å². The van der Waals surface area contributed by atoms with Crippen LogP contribution in [0.5, 0.6) is 5.75 Å². The number of rotatable bonds is 4. The smallest absolute Gasteiger partial charge is 0.271 e. The van der Waals surface area contributed by atoms with Gasteiger partial charge < -0.3 is 9.94 Å². The van der Waals surface area contributed by atoms with Crippen molar-refractivity contribution in [3.05, 3.63) is 58.1 Å². The zero-order chi connectivity index (χ0) is 17.3. The van der Waals surface area contributed by atoms with Crippen molar-refractivity contribution in [3.8, 4) is 5.75 Å². The van der Waals surface area contributed by atoms with Gasteiger partial charge in [0.2, 0.25) is 5.95 Å². The fourth-order valence-electron chi connectivity index (χ4n) is 2.25. The van der Waals surface area contributed by atoms with Crippen molar-refractivity contribution in [3.63, 3.8) is 0 Å². The van der Waals surface area contributed by atoms with Crippen molar-refractivity contribution in [2.24, 2.45) is 0 Å². The van der Waals surface area contributed by atoms with Crippen molar-refractivity contribution < 1.29 is 19.7 Å². The Bertz CT molecular complexity index is 950. The van der Waals surface area contributed by atoms with Crippen LogP contribution in [0, 0.1) is 10.1 Å². The number of methoxy groups -OCH3 is 1. The summed E-state index contributed by atoms with van der Waals surface area (Å²) in [5.74, 6) is -0.319. The molecule has 0 aliphatic heterocycles. The molecule has 0 fully saturated rings. The van der Waals surface area contributed by atoms with Crippen LogP contribution < -0.4 is 10.1 Å². The molecule has 3 rings (SSSR count). The molecule has 0 bridgehead atoms. The van der Waals surface area contributed by atoms with Crippen molar-refractivity contribution in [1.29, 1.82) is 0 Å². The number of amides is 1. The van der Waals surface area contributed by atoms with Gasteiger partial charge in [0, 0.05) is 12.1 Å². The molecule has 24 heavy (non-hydrogen) atoms. The fourth-order valence-corrected chi connectivity index (χ4v) is 2.25. The third-order valence-electron chi connectivity index (χ3n) is 3.40. The minimum Gasteiger partial charge on any atom is -0.496 e. The Kier molecular flexibility index (Phi) is 3.74. The summed E-state index contributed by atoms with van der Waals surface area (Å²) in [5.41, 5.74) is 0.483. The van der Waals surface area contributed by atoms with E-state index in [9.17, 15) is 20.1 Å². The molecule has 9 nitrogen and oxygen atoms in total. The van der Waals surface area contributed by atoms with Crippen LogP contribution in [0.2, 0.25) is 0 Å². The number of nitrogens with one attached hydrogen (secondary N) is 1. The second kappa shape index (κ2) is 5.88. The number of nitro groups is 1. The molecule has 0 saturated carbocycles. The number of hydrogen-bond donors (Lipinski definition) is 2. The van der Waals surface area contributed by atoms with Crippen LogP contribution in [-0.2, 0) is 0 Å². The van der Waals surface area contributed by atoms with E-state index in [0.29, 0.717) is 16.0 Å². The van der Waals surface area contributed by atoms with Crippen molar-refractivity contribution >= 4 is 28.6 Å². The summed E-state index contributed by atoms with van der Waals surface area (Å²) in [5, 5.41) is 23.4. The molecule has 1 aromatic heterocycles. The molecule has 0 saturated heterocycles. The maximum absolute atomic E-state index is 12.3. The highest BCUT2D eigenvalue weighted by atomic mass is 16.6. The number of aromatic nitrogens is 2. The number of imidazole rings is 1. The molecule has 2 N–H and O–H groups in total. The highest BCUT2D eigenvalue weighted by Gasteiger charge is 2.18. The lowest BCUT2D eigenvalue weighted by Gasteiger charge is -2.08. The lowest BCUT2D eigenvalue weighted by molar-refractivity contribution is -0.384. The van der Waals surface area contributed by atoms with Gasteiger partial charge in [-0.25, -0.2) is 4.98 Å². The zero-order valence-electron chi connectivity index (χ0n) is 12.5. The number of ether oxygens (including phenoxy) is 1. The van der Waals surface area contributed by atoms with E-state index in [1.807, 2.05) is 0 Å². The number of anilines is 1. The Morgan fingerprint density at radius 1 is 1.33 bits per heavy atom. The Balaban J connectivity index is 1.97. The number of hydrogen-bond acceptors (Lipinski definition) is 6. The van der Waals surface area contributed by atoms with Gasteiger partial charge in [-0.2, -0.15) is 0 Å². The molecular formula is C15H12N4O5. The Morgan fingerprint density at radius 3 is 2.79 bits per heavy atom. The number of para-hydroxylation sites is 1. The molecular weight excluding hydrogens is 316 g/mol. The SMILES string of the molecule is COc1ccccc1C(=O)Nc1nc2ccc([N+](=O)[O-])cc2n1O. The normalized spacial score (nSPS) is 10.5. The van der Waals surface area contributed by atoms with E-state index in [-0.39, 0.29) is 22.7 Å². The lowest BCUT2D eigenvalue weighted by Crippen LogP contribution is -2.16. The number of carbonyl (C=O) groups is 1. The van der Waals surface area contributed by atoms with Crippen LogP contribution >= 0.6 is 0 Å². The van der Waals surface area contributed by atoms with E-state index in [1.54, 1.807) is 24.3 Å². The number of carbonyl (C=O) groups excluding carboxylic acids is 1. The number of benzene rings is 2. The van der Waals surface area contributed by atoms with Crippen molar-refractivity contribution in [1.82, 2.24) is 9.71 Å². The lowest BCUT2D eigenvalue weighted by atomic mass is 10.2. The predicted octanol–water partition coefficient (Wildman–Crippen LogP) is 2.44. The largest absolute Gasteiger partial charge is 0.496 e. The summed E-state index contributed by atoms with van der Waals surface area (Å²) in [7, 11) is 1.44. The maximum atomic E-state index is 12.3. The molecule has 9 heteroatoms. The van der Waals surface area contributed by atoms with Crippen LogP contribution in [0.4, 0.5) is 11.6 Å². The molecule has 1 amide bonds. The van der Waals surface area contributed by atoms with Crippen molar-refractivity contribution in [2.45, 2.75) is 0 Å². The first kappa shape index (κ1) is 15.3. The average Bonchev–Trinajstić information content (AvgIpc) is 2.90. The molecule has 0 spiro atoms. The van der Waals surface area contributed by atoms with E-state index in [1.165, 1.54) is 25.3 Å². The number of nitrogens with zero attached hydrogens (tertiary/aromatic N) is 3. The van der Waals surface area contributed by atoms with E-state index < -0.39 is 10.8 Å². The van der Waals surface area contributed by atoms with Crippen LogP contribution in [0.25, 0.3) is 11.0 Å². The standard InChI is InChI=1S/C15H12N4O5/c1-24-13-5-3-2-4-10(13)14(20)17-15-16-11-7-6-9(19(22)23)8-12(11)18(15)21/h2-8,21H,1H3,(H,16,17,20). The molecule has 2 aromatic carbocycles.